The summed E-state index contributed by atoms with van der Waals surface area (Å²) < 4.78 is 7.46. The first-order valence-corrected chi connectivity index (χ1v) is 11.9. The second-order valence-corrected chi connectivity index (χ2v) is 9.14. The zero-order valence-electron chi connectivity index (χ0n) is 20.0. The van der Waals surface area contributed by atoms with E-state index in [0.29, 0.717) is 0 Å². The Bertz CT molecular complexity index is 1320. The van der Waals surface area contributed by atoms with Gasteiger partial charge in [0.25, 0.3) is 0 Å². The molecule has 2 heterocycles. The van der Waals surface area contributed by atoms with E-state index in [1.54, 1.807) is 7.11 Å². The second kappa shape index (κ2) is 8.89. The van der Waals surface area contributed by atoms with Crippen LogP contribution >= 0.6 is 0 Å². The summed E-state index contributed by atoms with van der Waals surface area (Å²) in [5.74, 6) is 1.99. The topological polar surface area (TPSA) is 51.5 Å². The summed E-state index contributed by atoms with van der Waals surface area (Å²) in [5.41, 5.74) is 10.7. The Kier molecular flexibility index (Phi) is 5.79. The lowest BCUT2D eigenvalue weighted by Gasteiger charge is -2.14. The molecule has 33 heavy (non-hydrogen) atoms. The molecule has 5 heteroatoms. The highest BCUT2D eigenvalue weighted by Gasteiger charge is 2.24. The first-order chi connectivity index (χ1) is 16.0. The van der Waals surface area contributed by atoms with Crippen molar-refractivity contribution < 1.29 is 4.74 Å². The van der Waals surface area contributed by atoms with E-state index in [1.165, 1.54) is 33.5 Å². The number of fused-ring (bicyclic) bond motifs is 2. The van der Waals surface area contributed by atoms with Gasteiger partial charge in [-0.05, 0) is 81.7 Å². The molecule has 5 rings (SSSR count). The summed E-state index contributed by atoms with van der Waals surface area (Å²) in [6, 6.07) is 15.0. The van der Waals surface area contributed by atoms with Crippen molar-refractivity contribution in [1.82, 2.24) is 14.6 Å². The molecule has 4 aromatic rings. The van der Waals surface area contributed by atoms with Gasteiger partial charge in [0.05, 0.1) is 12.8 Å². The van der Waals surface area contributed by atoms with Crippen LogP contribution in [0.5, 0.6) is 5.75 Å². The average molecular weight is 441 g/mol. The largest absolute Gasteiger partial charge is 0.497 e. The van der Waals surface area contributed by atoms with Crippen molar-refractivity contribution in [2.45, 2.75) is 52.9 Å². The highest BCUT2D eigenvalue weighted by atomic mass is 16.5. The van der Waals surface area contributed by atoms with E-state index in [4.69, 9.17) is 14.8 Å². The maximum atomic E-state index is 5.41. The van der Waals surface area contributed by atoms with Gasteiger partial charge in [-0.2, -0.15) is 9.61 Å². The standard InChI is InChI=1S/C28H32N4O/c1-18-8-5-9-21(16-18)10-7-15-29-27-24-11-6-12-25(24)30-28-26(20(3)31-32(27)28)23-14-13-22(33-4)17-19(23)2/h5,8-9,13-14,16-17,29H,6-7,10-12,15H2,1-4H3. The molecular weight excluding hydrogens is 408 g/mol. The maximum absolute atomic E-state index is 5.41. The van der Waals surface area contributed by atoms with Crippen LogP contribution in [0.3, 0.4) is 0 Å². The number of aromatic nitrogens is 3. The third kappa shape index (κ3) is 4.08. The lowest BCUT2D eigenvalue weighted by molar-refractivity contribution is 0.414. The number of anilines is 1. The molecule has 5 nitrogen and oxygen atoms in total. The first-order valence-electron chi connectivity index (χ1n) is 11.9. The van der Waals surface area contributed by atoms with Crippen molar-refractivity contribution in [3.63, 3.8) is 0 Å². The van der Waals surface area contributed by atoms with Crippen LogP contribution in [0.2, 0.25) is 0 Å². The van der Waals surface area contributed by atoms with Gasteiger partial charge >= 0.3 is 0 Å². The fourth-order valence-electron chi connectivity index (χ4n) is 5.04. The zero-order valence-corrected chi connectivity index (χ0v) is 20.0. The second-order valence-electron chi connectivity index (χ2n) is 9.14. The van der Waals surface area contributed by atoms with Crippen LogP contribution in [0.1, 0.15) is 46.5 Å². The van der Waals surface area contributed by atoms with E-state index in [0.717, 1.165) is 67.1 Å². The lowest BCUT2D eigenvalue weighted by atomic mass is 10.0. The number of rotatable bonds is 7. The fraction of sp³-hybridized carbons (Fsp3) is 0.357. The molecule has 0 bridgehead atoms. The van der Waals surface area contributed by atoms with Crippen LogP contribution in [0, 0.1) is 20.8 Å². The summed E-state index contributed by atoms with van der Waals surface area (Å²) >= 11 is 0. The maximum Gasteiger partial charge on any atom is 0.165 e. The van der Waals surface area contributed by atoms with Gasteiger partial charge in [0, 0.05) is 23.4 Å². The minimum absolute atomic E-state index is 0.871. The number of hydrogen-bond acceptors (Lipinski definition) is 4. The third-order valence-electron chi connectivity index (χ3n) is 6.68. The summed E-state index contributed by atoms with van der Waals surface area (Å²) in [7, 11) is 1.71. The molecule has 0 radical (unpaired) electrons. The van der Waals surface area contributed by atoms with E-state index in [9.17, 15) is 0 Å². The normalized spacial score (nSPS) is 12.8. The molecule has 0 saturated carbocycles. The SMILES string of the molecule is COc1ccc(-c2c(C)nn3c(NCCCc4cccc(C)c4)c4c(nc23)CCC4)c(C)c1. The Hall–Kier alpha value is -3.34. The zero-order chi connectivity index (χ0) is 22.9. The molecule has 0 spiro atoms. The number of nitrogens with one attached hydrogen (secondary N) is 1. The number of nitrogens with zero attached hydrogens (tertiary/aromatic N) is 3. The van der Waals surface area contributed by atoms with Crippen molar-refractivity contribution in [2.24, 2.45) is 0 Å². The predicted octanol–water partition coefficient (Wildman–Crippen LogP) is 5.86. The van der Waals surface area contributed by atoms with Gasteiger partial charge in [-0.15, -0.1) is 0 Å². The summed E-state index contributed by atoms with van der Waals surface area (Å²) in [6.07, 6.45) is 5.40. The molecule has 0 fully saturated rings. The summed E-state index contributed by atoms with van der Waals surface area (Å²) in [5, 5.41) is 8.70. The Morgan fingerprint density at radius 3 is 2.73 bits per heavy atom. The van der Waals surface area contributed by atoms with E-state index in [1.807, 2.05) is 10.6 Å². The van der Waals surface area contributed by atoms with Gasteiger partial charge in [-0.25, -0.2) is 4.98 Å². The smallest absolute Gasteiger partial charge is 0.165 e. The molecule has 2 aromatic carbocycles. The van der Waals surface area contributed by atoms with Gasteiger partial charge in [0.2, 0.25) is 0 Å². The molecule has 170 valence electrons. The van der Waals surface area contributed by atoms with Crippen molar-refractivity contribution in [1.29, 1.82) is 0 Å². The van der Waals surface area contributed by atoms with E-state index in [2.05, 4.69) is 62.5 Å². The van der Waals surface area contributed by atoms with Crippen molar-refractivity contribution >= 4 is 11.5 Å². The summed E-state index contributed by atoms with van der Waals surface area (Å²) in [4.78, 5) is 5.11. The molecule has 0 unspecified atom stereocenters. The van der Waals surface area contributed by atoms with E-state index >= 15 is 0 Å². The fourth-order valence-corrected chi connectivity index (χ4v) is 5.04. The molecule has 2 aromatic heterocycles. The molecule has 0 atom stereocenters. The Balaban J connectivity index is 1.48. The average Bonchev–Trinajstić information content (AvgIpc) is 3.40. The molecular formula is C28H32N4O. The van der Waals surface area contributed by atoms with Gasteiger partial charge in [0.15, 0.2) is 5.65 Å². The molecule has 0 aliphatic heterocycles. The van der Waals surface area contributed by atoms with E-state index < -0.39 is 0 Å². The lowest BCUT2D eigenvalue weighted by Crippen LogP contribution is -2.12. The van der Waals surface area contributed by atoms with Crippen molar-refractivity contribution in [3.8, 4) is 16.9 Å². The number of aryl methyl sites for hydroxylation is 5. The molecule has 1 N–H and O–H groups in total. The highest BCUT2D eigenvalue weighted by Crippen LogP contribution is 2.36. The highest BCUT2D eigenvalue weighted by molar-refractivity contribution is 5.83. The Morgan fingerprint density at radius 2 is 1.94 bits per heavy atom. The third-order valence-corrected chi connectivity index (χ3v) is 6.68. The molecule has 1 aliphatic rings. The van der Waals surface area contributed by atoms with E-state index in [-0.39, 0.29) is 0 Å². The summed E-state index contributed by atoms with van der Waals surface area (Å²) in [6.45, 7) is 7.27. The van der Waals surface area contributed by atoms with Crippen LogP contribution in [-0.2, 0) is 19.3 Å². The predicted molar refractivity (Wildman–Crippen MR) is 134 cm³/mol. The molecule has 0 saturated heterocycles. The minimum atomic E-state index is 0.871. The van der Waals surface area contributed by atoms with Gasteiger partial charge in [0.1, 0.15) is 11.6 Å². The Morgan fingerprint density at radius 1 is 1.06 bits per heavy atom. The number of ether oxygens (including phenoxy) is 1. The van der Waals surface area contributed by atoms with Crippen LogP contribution in [0.4, 0.5) is 5.82 Å². The van der Waals surface area contributed by atoms with Gasteiger partial charge in [-0.1, -0.05) is 35.9 Å². The van der Waals surface area contributed by atoms with Crippen molar-refractivity contribution in [2.75, 3.05) is 19.0 Å². The van der Waals surface area contributed by atoms with Crippen LogP contribution in [-0.4, -0.2) is 28.3 Å². The first kappa shape index (κ1) is 21.5. The van der Waals surface area contributed by atoms with Crippen LogP contribution in [0.15, 0.2) is 42.5 Å². The number of hydrogen-bond donors (Lipinski definition) is 1. The van der Waals surface area contributed by atoms with Crippen LogP contribution < -0.4 is 10.1 Å². The number of methoxy groups -OCH3 is 1. The van der Waals surface area contributed by atoms with Crippen LogP contribution in [0.25, 0.3) is 16.8 Å². The quantitative estimate of drug-likeness (QED) is 0.366. The van der Waals surface area contributed by atoms with Gasteiger partial charge < -0.3 is 10.1 Å². The number of benzene rings is 2. The Labute approximate surface area is 195 Å². The monoisotopic (exact) mass is 440 g/mol. The molecule has 0 amide bonds. The van der Waals surface area contributed by atoms with Crippen molar-refractivity contribution in [3.05, 3.63) is 76.1 Å². The molecule has 1 aliphatic carbocycles. The minimum Gasteiger partial charge on any atom is -0.497 e. The van der Waals surface area contributed by atoms with Gasteiger partial charge in [-0.3, -0.25) is 0 Å².